The molecular weight excluding hydrogens is 268 g/mol. The Kier molecular flexibility index (Phi) is 3.63. The van der Waals surface area contributed by atoms with E-state index in [0.717, 1.165) is 44.2 Å². The minimum atomic E-state index is -0.247. The van der Waals surface area contributed by atoms with Crippen LogP contribution in [0.5, 0.6) is 0 Å². The molecule has 2 aliphatic heterocycles. The fraction of sp³-hybridized carbons (Fsp3) is 0.583. The SMILES string of the molecule is Cn1nc(CN2CCOCC2)c(Cl)c1C1NC=CO1. The second kappa shape index (κ2) is 5.40. The number of halogens is 1. The summed E-state index contributed by atoms with van der Waals surface area (Å²) in [6, 6.07) is 0. The van der Waals surface area contributed by atoms with Gasteiger partial charge in [0.1, 0.15) is 12.0 Å². The fourth-order valence-electron chi connectivity index (χ4n) is 2.35. The molecular formula is C12H17ClN4O2. The smallest absolute Gasteiger partial charge is 0.213 e. The Bertz CT molecular complexity index is 474. The largest absolute Gasteiger partial charge is 0.471 e. The van der Waals surface area contributed by atoms with Gasteiger partial charge in [0, 0.05) is 32.9 Å². The summed E-state index contributed by atoms with van der Waals surface area (Å²) < 4.78 is 12.6. The van der Waals surface area contributed by atoms with Crippen LogP contribution in [0.3, 0.4) is 0 Å². The zero-order valence-corrected chi connectivity index (χ0v) is 11.6. The molecule has 2 aliphatic rings. The van der Waals surface area contributed by atoms with Gasteiger partial charge in [0.05, 0.1) is 23.9 Å². The van der Waals surface area contributed by atoms with Gasteiger partial charge in [-0.15, -0.1) is 0 Å². The van der Waals surface area contributed by atoms with Crippen LogP contribution in [-0.2, 0) is 23.1 Å². The summed E-state index contributed by atoms with van der Waals surface area (Å²) in [6.07, 6.45) is 3.13. The molecule has 0 amide bonds. The molecule has 0 aliphatic carbocycles. The van der Waals surface area contributed by atoms with E-state index in [9.17, 15) is 0 Å². The van der Waals surface area contributed by atoms with Gasteiger partial charge in [0.25, 0.3) is 0 Å². The molecule has 104 valence electrons. The molecule has 1 aromatic rings. The van der Waals surface area contributed by atoms with Gasteiger partial charge in [-0.1, -0.05) is 11.6 Å². The monoisotopic (exact) mass is 284 g/mol. The molecule has 0 spiro atoms. The first-order valence-corrected chi connectivity index (χ1v) is 6.71. The van der Waals surface area contributed by atoms with Crippen molar-refractivity contribution in [3.8, 4) is 0 Å². The van der Waals surface area contributed by atoms with E-state index in [2.05, 4.69) is 15.3 Å². The minimum absolute atomic E-state index is 0.247. The molecule has 1 saturated heterocycles. The molecule has 0 radical (unpaired) electrons. The standard InChI is InChI=1S/C12H17ClN4O2/c1-16-11(12-14-2-5-19-12)10(13)9(15-16)8-17-3-6-18-7-4-17/h2,5,12,14H,3-4,6-8H2,1H3. The maximum Gasteiger partial charge on any atom is 0.213 e. The van der Waals surface area contributed by atoms with Gasteiger partial charge in [-0.05, 0) is 0 Å². The molecule has 1 fully saturated rings. The van der Waals surface area contributed by atoms with Gasteiger partial charge in [-0.3, -0.25) is 9.58 Å². The van der Waals surface area contributed by atoms with E-state index in [-0.39, 0.29) is 6.23 Å². The van der Waals surface area contributed by atoms with Gasteiger partial charge < -0.3 is 14.8 Å². The quantitative estimate of drug-likeness (QED) is 0.897. The molecule has 7 heteroatoms. The zero-order valence-electron chi connectivity index (χ0n) is 10.8. The van der Waals surface area contributed by atoms with Crippen LogP contribution in [-0.4, -0.2) is 41.0 Å². The Labute approximate surface area is 116 Å². The Hall–Kier alpha value is -1.24. The number of rotatable bonds is 3. The molecule has 1 unspecified atom stereocenters. The number of hydrogen-bond acceptors (Lipinski definition) is 5. The summed E-state index contributed by atoms with van der Waals surface area (Å²) in [6.45, 7) is 4.13. The minimum Gasteiger partial charge on any atom is -0.471 e. The van der Waals surface area contributed by atoms with E-state index in [0.29, 0.717) is 5.02 Å². The number of nitrogens with zero attached hydrogens (tertiary/aromatic N) is 3. The molecule has 3 rings (SSSR count). The van der Waals surface area contributed by atoms with Crippen molar-refractivity contribution in [2.75, 3.05) is 26.3 Å². The third-order valence-corrected chi connectivity index (χ3v) is 3.77. The number of aryl methyl sites for hydroxylation is 1. The van der Waals surface area contributed by atoms with Crippen LogP contribution in [0.4, 0.5) is 0 Å². The number of aromatic nitrogens is 2. The van der Waals surface area contributed by atoms with E-state index in [1.54, 1.807) is 17.1 Å². The van der Waals surface area contributed by atoms with Crippen LogP contribution in [0.1, 0.15) is 17.6 Å². The van der Waals surface area contributed by atoms with Crippen LogP contribution in [0.25, 0.3) is 0 Å². The van der Waals surface area contributed by atoms with Gasteiger partial charge in [0.15, 0.2) is 0 Å². The third kappa shape index (κ3) is 2.56. The molecule has 3 heterocycles. The lowest BCUT2D eigenvalue weighted by Gasteiger charge is -2.25. The summed E-state index contributed by atoms with van der Waals surface area (Å²) in [5, 5.41) is 8.27. The summed E-state index contributed by atoms with van der Waals surface area (Å²) in [4.78, 5) is 2.29. The summed E-state index contributed by atoms with van der Waals surface area (Å²) in [5.74, 6) is 0. The molecule has 1 atom stereocenters. The van der Waals surface area contributed by atoms with Gasteiger partial charge in [-0.2, -0.15) is 5.10 Å². The second-order valence-corrected chi connectivity index (χ2v) is 5.02. The Morgan fingerprint density at radius 2 is 2.26 bits per heavy atom. The topological polar surface area (TPSA) is 51.5 Å². The highest BCUT2D eigenvalue weighted by Crippen LogP contribution is 2.29. The first-order chi connectivity index (χ1) is 9.25. The highest BCUT2D eigenvalue weighted by molar-refractivity contribution is 6.32. The van der Waals surface area contributed by atoms with Crippen LogP contribution >= 0.6 is 11.6 Å². The number of nitrogens with one attached hydrogen (secondary N) is 1. The van der Waals surface area contributed by atoms with Gasteiger partial charge in [-0.25, -0.2) is 0 Å². The maximum atomic E-state index is 6.44. The highest BCUT2D eigenvalue weighted by atomic mass is 35.5. The van der Waals surface area contributed by atoms with Crippen LogP contribution < -0.4 is 5.32 Å². The molecule has 0 aromatic carbocycles. The van der Waals surface area contributed by atoms with Crippen molar-refractivity contribution in [1.82, 2.24) is 20.0 Å². The number of morpholine rings is 1. The van der Waals surface area contributed by atoms with E-state index >= 15 is 0 Å². The first kappa shape index (κ1) is 12.8. The first-order valence-electron chi connectivity index (χ1n) is 6.33. The maximum absolute atomic E-state index is 6.44. The van der Waals surface area contributed by atoms with Crippen molar-refractivity contribution in [1.29, 1.82) is 0 Å². The Morgan fingerprint density at radius 1 is 1.47 bits per heavy atom. The number of ether oxygens (including phenoxy) is 2. The molecule has 0 saturated carbocycles. The Balaban J connectivity index is 1.76. The lowest BCUT2D eigenvalue weighted by Crippen LogP contribution is -2.35. The van der Waals surface area contributed by atoms with Crippen LogP contribution in [0.2, 0.25) is 5.02 Å². The molecule has 6 nitrogen and oxygen atoms in total. The summed E-state index contributed by atoms with van der Waals surface area (Å²) in [5.41, 5.74) is 1.74. The van der Waals surface area contributed by atoms with Crippen molar-refractivity contribution in [3.63, 3.8) is 0 Å². The summed E-state index contributed by atoms with van der Waals surface area (Å²) in [7, 11) is 1.88. The molecule has 1 N–H and O–H groups in total. The zero-order chi connectivity index (χ0) is 13.2. The molecule has 19 heavy (non-hydrogen) atoms. The average molecular weight is 285 g/mol. The van der Waals surface area contributed by atoms with Crippen molar-refractivity contribution >= 4 is 11.6 Å². The predicted molar refractivity (Wildman–Crippen MR) is 70.4 cm³/mol. The summed E-state index contributed by atoms with van der Waals surface area (Å²) >= 11 is 6.44. The van der Waals surface area contributed by atoms with Crippen molar-refractivity contribution in [2.24, 2.45) is 7.05 Å². The van der Waals surface area contributed by atoms with Crippen molar-refractivity contribution in [2.45, 2.75) is 12.8 Å². The van der Waals surface area contributed by atoms with E-state index in [1.807, 2.05) is 7.05 Å². The van der Waals surface area contributed by atoms with Crippen LogP contribution in [0, 0.1) is 0 Å². The lowest BCUT2D eigenvalue weighted by molar-refractivity contribution is 0.0336. The van der Waals surface area contributed by atoms with Crippen LogP contribution in [0.15, 0.2) is 12.5 Å². The van der Waals surface area contributed by atoms with Crippen molar-refractivity contribution < 1.29 is 9.47 Å². The third-order valence-electron chi connectivity index (χ3n) is 3.35. The van der Waals surface area contributed by atoms with Gasteiger partial charge in [0.2, 0.25) is 6.23 Å². The molecule has 0 bridgehead atoms. The lowest BCUT2D eigenvalue weighted by atomic mass is 10.3. The average Bonchev–Trinajstić information content (AvgIpc) is 3.01. The van der Waals surface area contributed by atoms with E-state index < -0.39 is 0 Å². The van der Waals surface area contributed by atoms with E-state index in [1.165, 1.54) is 0 Å². The Morgan fingerprint density at radius 3 is 2.95 bits per heavy atom. The normalized spacial score (nSPS) is 23.4. The second-order valence-electron chi connectivity index (χ2n) is 4.64. The number of hydrogen-bond donors (Lipinski definition) is 1. The highest BCUT2D eigenvalue weighted by Gasteiger charge is 2.25. The fourth-order valence-corrected chi connectivity index (χ4v) is 2.67. The predicted octanol–water partition coefficient (Wildman–Crippen LogP) is 0.995. The van der Waals surface area contributed by atoms with E-state index in [4.69, 9.17) is 21.1 Å². The molecule has 1 aromatic heterocycles. The van der Waals surface area contributed by atoms with Crippen molar-refractivity contribution in [3.05, 3.63) is 28.9 Å². The van der Waals surface area contributed by atoms with Gasteiger partial charge >= 0.3 is 0 Å².